The molecule has 4 aliphatic rings. The highest BCUT2D eigenvalue weighted by molar-refractivity contribution is 5.94. The molecule has 212 valence electrons. The van der Waals surface area contributed by atoms with Crippen molar-refractivity contribution in [3.63, 3.8) is 0 Å². The van der Waals surface area contributed by atoms with Crippen LogP contribution in [0.15, 0.2) is 34.5 Å². The Balaban J connectivity index is 1.11. The summed E-state index contributed by atoms with van der Waals surface area (Å²) < 4.78 is 0. The number of H-pyrrole nitrogens is 1. The van der Waals surface area contributed by atoms with E-state index in [2.05, 4.69) is 36.0 Å². The number of nitrogens with zero attached hydrogens (tertiary/aromatic N) is 2. The molecule has 4 fully saturated rings. The first-order chi connectivity index (χ1) is 18.6. The zero-order valence-electron chi connectivity index (χ0n) is 23.6. The summed E-state index contributed by atoms with van der Waals surface area (Å²) in [7, 11) is 0. The van der Waals surface area contributed by atoms with E-state index in [1.807, 2.05) is 24.3 Å². The highest BCUT2D eigenvalue weighted by Gasteiger charge is 2.62. The van der Waals surface area contributed by atoms with Crippen LogP contribution in [0.2, 0.25) is 0 Å². The Bertz CT molecular complexity index is 1260. The third kappa shape index (κ3) is 4.44. The summed E-state index contributed by atoms with van der Waals surface area (Å²) >= 11 is 0. The molecule has 4 saturated carbocycles. The maximum Gasteiger partial charge on any atom is 0.264 e. The summed E-state index contributed by atoms with van der Waals surface area (Å²) in [6.07, 6.45) is 9.03. The minimum Gasteiger partial charge on any atom is -0.493 e. The first-order valence-electron chi connectivity index (χ1n) is 15.2. The molecular formula is C32H45N3O4. The van der Waals surface area contributed by atoms with Gasteiger partial charge in [0.05, 0.1) is 17.7 Å². The lowest BCUT2D eigenvalue weighted by Crippen LogP contribution is -2.58. The lowest BCUT2D eigenvalue weighted by Gasteiger charge is -2.62. The number of aliphatic hydroxyl groups excluding tert-OH is 2. The monoisotopic (exact) mass is 535 g/mol. The second kappa shape index (κ2) is 9.99. The fraction of sp³-hybridized carbons (Fsp3) is 0.719. The van der Waals surface area contributed by atoms with Gasteiger partial charge < -0.3 is 20.3 Å². The Hall–Kier alpha value is -2.25. The van der Waals surface area contributed by atoms with E-state index < -0.39 is 0 Å². The zero-order chi connectivity index (χ0) is 27.5. The number of aromatic amines is 1. The normalized spacial score (nSPS) is 40.8. The lowest BCUT2D eigenvalue weighted by atomic mass is 9.43. The van der Waals surface area contributed by atoms with E-state index >= 15 is 0 Å². The summed E-state index contributed by atoms with van der Waals surface area (Å²) in [5.74, 6) is 2.48. The van der Waals surface area contributed by atoms with Gasteiger partial charge in [-0.05, 0) is 110 Å². The molecule has 0 unspecified atom stereocenters. The third-order valence-corrected chi connectivity index (χ3v) is 12.2. The predicted molar refractivity (Wildman–Crippen MR) is 150 cm³/mol. The van der Waals surface area contributed by atoms with Gasteiger partial charge >= 0.3 is 0 Å². The molecule has 0 bridgehead atoms. The summed E-state index contributed by atoms with van der Waals surface area (Å²) in [6.45, 7) is 7.22. The van der Waals surface area contributed by atoms with Crippen molar-refractivity contribution < 1.29 is 20.1 Å². The Morgan fingerprint density at radius 1 is 1.05 bits per heavy atom. The van der Waals surface area contributed by atoms with E-state index in [1.165, 1.54) is 19.3 Å². The first-order valence-corrected chi connectivity index (χ1v) is 15.2. The average molecular weight is 536 g/mol. The van der Waals surface area contributed by atoms with Crippen LogP contribution in [0.4, 0.5) is 5.69 Å². The minimum absolute atomic E-state index is 0.0730. The molecule has 0 spiro atoms. The van der Waals surface area contributed by atoms with Crippen molar-refractivity contribution in [2.75, 3.05) is 0 Å². The number of amides is 1. The molecular weight excluding hydrogens is 490 g/mol. The maximum atomic E-state index is 12.7. The van der Waals surface area contributed by atoms with E-state index in [1.54, 1.807) is 0 Å². The fourth-order valence-corrected chi connectivity index (χ4v) is 10.1. The predicted octanol–water partition coefficient (Wildman–Crippen LogP) is 6.89. The number of aromatic nitrogens is 1. The highest BCUT2D eigenvalue weighted by atomic mass is 16.3. The van der Waals surface area contributed by atoms with Crippen LogP contribution in [0.5, 0.6) is 5.88 Å². The van der Waals surface area contributed by atoms with Gasteiger partial charge in [-0.15, -0.1) is 10.2 Å². The van der Waals surface area contributed by atoms with Gasteiger partial charge in [-0.25, -0.2) is 0 Å². The van der Waals surface area contributed by atoms with Crippen LogP contribution in [0.1, 0.15) is 85.0 Å². The number of fused-ring (bicyclic) bond motifs is 6. The number of benzene rings is 1. The number of aliphatic hydroxyl groups is 2. The van der Waals surface area contributed by atoms with Crippen molar-refractivity contribution in [3.05, 3.63) is 24.3 Å². The van der Waals surface area contributed by atoms with Crippen molar-refractivity contribution in [1.29, 1.82) is 0 Å². The molecule has 1 amide bonds. The molecule has 6 rings (SSSR count). The van der Waals surface area contributed by atoms with Crippen LogP contribution in [0.3, 0.4) is 0 Å². The van der Waals surface area contributed by atoms with Gasteiger partial charge in [0.15, 0.2) is 5.69 Å². The Kier molecular flexibility index (Phi) is 6.90. The van der Waals surface area contributed by atoms with Crippen molar-refractivity contribution >= 4 is 22.5 Å². The molecule has 0 aliphatic heterocycles. The SMILES string of the molecule is C[C@H](CCC(=O)N=Nc1c(O)[nH]c2ccccc12)[C@@H]1CC[C@@H]2[C@H]3[C@H](O)C[C@@H]4C[C@@H](O)CC[C@@]4(C)[C@H]3CC[C@@]21C. The number of para-hydroxylation sites is 1. The van der Waals surface area contributed by atoms with Gasteiger partial charge in [-0.2, -0.15) is 0 Å². The topological polar surface area (TPSA) is 118 Å². The van der Waals surface area contributed by atoms with Crippen LogP contribution in [0, 0.1) is 46.3 Å². The van der Waals surface area contributed by atoms with E-state index in [-0.39, 0.29) is 34.8 Å². The van der Waals surface area contributed by atoms with Crippen molar-refractivity contribution in [1.82, 2.24) is 4.98 Å². The molecule has 7 heteroatoms. The van der Waals surface area contributed by atoms with Gasteiger partial charge in [0.2, 0.25) is 5.88 Å². The molecule has 1 aromatic carbocycles. The second-order valence-electron chi connectivity index (χ2n) is 13.9. The van der Waals surface area contributed by atoms with Gasteiger partial charge in [-0.1, -0.05) is 39.0 Å². The van der Waals surface area contributed by atoms with Crippen molar-refractivity contribution in [3.8, 4) is 5.88 Å². The van der Waals surface area contributed by atoms with Crippen LogP contribution >= 0.6 is 0 Å². The number of aromatic hydroxyl groups is 1. The molecule has 4 aliphatic carbocycles. The number of hydrogen-bond acceptors (Lipinski definition) is 5. The summed E-state index contributed by atoms with van der Waals surface area (Å²) in [4.78, 5) is 15.6. The summed E-state index contributed by atoms with van der Waals surface area (Å²) in [5.41, 5.74) is 1.51. The molecule has 1 heterocycles. The zero-order valence-corrected chi connectivity index (χ0v) is 23.6. The lowest BCUT2D eigenvalue weighted by molar-refractivity contribution is -0.174. The molecule has 1 aromatic heterocycles. The summed E-state index contributed by atoms with van der Waals surface area (Å²) in [6, 6.07) is 7.44. The van der Waals surface area contributed by atoms with Gasteiger partial charge in [0, 0.05) is 11.8 Å². The second-order valence-corrected chi connectivity index (χ2v) is 13.9. The van der Waals surface area contributed by atoms with Gasteiger partial charge in [-0.3, -0.25) is 4.79 Å². The standard InChI is InChI=1S/C32H45N3O4/c1-18(8-11-27(38)34-35-29-21-6-4-5-7-25(21)33-30(29)39)22-9-10-23-28-24(13-15-32(22,23)3)31(2)14-12-20(36)16-19(31)17-26(28)37/h4-7,18-20,22-24,26,28,33,36-37,39H,8-17H2,1-3H3/t18-,19+,20+,22+,23-,24+,26-,28-,31-,32-/m1/s1. The largest absolute Gasteiger partial charge is 0.493 e. The van der Waals surface area contributed by atoms with Crippen LogP contribution in [0.25, 0.3) is 10.9 Å². The van der Waals surface area contributed by atoms with Crippen molar-refractivity contribution in [2.45, 2.75) is 97.2 Å². The third-order valence-electron chi connectivity index (χ3n) is 12.2. The minimum atomic E-state index is -0.264. The van der Waals surface area contributed by atoms with E-state index in [0.717, 1.165) is 49.4 Å². The Labute approximate surface area is 231 Å². The molecule has 0 saturated heterocycles. The van der Waals surface area contributed by atoms with Gasteiger partial charge in [0.1, 0.15) is 0 Å². The quantitative estimate of drug-likeness (QED) is 0.312. The molecule has 10 atom stereocenters. The molecule has 39 heavy (non-hydrogen) atoms. The first kappa shape index (κ1) is 26.9. The smallest absolute Gasteiger partial charge is 0.264 e. The molecule has 7 nitrogen and oxygen atoms in total. The van der Waals surface area contributed by atoms with Crippen LogP contribution in [-0.2, 0) is 4.79 Å². The van der Waals surface area contributed by atoms with E-state index in [9.17, 15) is 20.1 Å². The number of carbonyl (C=O) groups excluding carboxylic acids is 1. The maximum absolute atomic E-state index is 12.7. The average Bonchev–Trinajstić information content (AvgIpc) is 3.42. The van der Waals surface area contributed by atoms with Crippen LogP contribution in [-0.4, -0.2) is 38.4 Å². The van der Waals surface area contributed by atoms with Crippen molar-refractivity contribution in [2.24, 2.45) is 56.6 Å². The Morgan fingerprint density at radius 3 is 2.62 bits per heavy atom. The summed E-state index contributed by atoms with van der Waals surface area (Å²) in [5, 5.41) is 40.8. The number of carbonyl (C=O) groups is 1. The highest BCUT2D eigenvalue weighted by Crippen LogP contribution is 2.68. The van der Waals surface area contributed by atoms with E-state index in [0.29, 0.717) is 47.6 Å². The van der Waals surface area contributed by atoms with Crippen LogP contribution < -0.4 is 0 Å². The molecule has 2 aromatic rings. The molecule has 0 radical (unpaired) electrons. The number of hydrogen-bond donors (Lipinski definition) is 4. The van der Waals surface area contributed by atoms with Gasteiger partial charge in [0.25, 0.3) is 5.91 Å². The molecule has 4 N–H and O–H groups in total. The van der Waals surface area contributed by atoms with E-state index in [4.69, 9.17) is 0 Å². The number of rotatable bonds is 5. The number of azo groups is 1. The fourth-order valence-electron chi connectivity index (χ4n) is 10.1. The Morgan fingerprint density at radius 2 is 1.79 bits per heavy atom. The number of nitrogens with one attached hydrogen (secondary N) is 1.